The van der Waals surface area contributed by atoms with Gasteiger partial charge in [-0.25, -0.2) is 0 Å². The van der Waals surface area contributed by atoms with Gasteiger partial charge in [0.2, 0.25) is 0 Å². The summed E-state index contributed by atoms with van der Waals surface area (Å²) in [5.74, 6) is 2.13. The van der Waals surface area contributed by atoms with Gasteiger partial charge in [0, 0.05) is 31.2 Å². The van der Waals surface area contributed by atoms with Gasteiger partial charge in [-0.15, -0.1) is 0 Å². The molecule has 1 unspecified atom stereocenters. The van der Waals surface area contributed by atoms with E-state index in [0.29, 0.717) is 11.8 Å². The summed E-state index contributed by atoms with van der Waals surface area (Å²) < 4.78 is 11.2. The minimum atomic E-state index is 0.478. The van der Waals surface area contributed by atoms with Crippen molar-refractivity contribution in [3.63, 3.8) is 0 Å². The Kier molecular flexibility index (Phi) is 5.02. The van der Waals surface area contributed by atoms with Gasteiger partial charge in [-0.3, -0.25) is 0 Å². The van der Waals surface area contributed by atoms with Gasteiger partial charge in [0.05, 0.1) is 13.2 Å². The lowest BCUT2D eigenvalue weighted by molar-refractivity contribution is 0.111. The third-order valence-electron chi connectivity index (χ3n) is 3.06. The summed E-state index contributed by atoms with van der Waals surface area (Å²) in [4.78, 5) is 0. The van der Waals surface area contributed by atoms with Crippen LogP contribution in [0.5, 0.6) is 5.75 Å². The molecule has 2 rings (SSSR count). The summed E-state index contributed by atoms with van der Waals surface area (Å²) in [6.07, 6.45) is 0. The molecule has 1 N–H and O–H groups in total. The molecule has 0 bridgehead atoms. The number of hydrogen-bond acceptors (Lipinski definition) is 3. The first-order chi connectivity index (χ1) is 8.77. The SMILES string of the molecule is CC(C)COCCNCC1COc2ccccc21. The molecule has 3 nitrogen and oxygen atoms in total. The lowest BCUT2D eigenvalue weighted by atomic mass is 10.0. The molecule has 1 aromatic rings. The second-order valence-electron chi connectivity index (χ2n) is 5.22. The molecule has 1 atom stereocenters. The van der Waals surface area contributed by atoms with Gasteiger partial charge in [-0.1, -0.05) is 32.0 Å². The summed E-state index contributed by atoms with van der Waals surface area (Å²) in [5, 5.41) is 3.44. The molecule has 1 aromatic carbocycles. The van der Waals surface area contributed by atoms with Crippen LogP contribution >= 0.6 is 0 Å². The molecule has 1 aliphatic rings. The van der Waals surface area contributed by atoms with Crippen molar-refractivity contribution in [2.24, 2.45) is 5.92 Å². The maximum absolute atomic E-state index is 5.65. The van der Waals surface area contributed by atoms with Crippen molar-refractivity contribution in [2.45, 2.75) is 19.8 Å². The molecule has 0 aromatic heterocycles. The molecule has 0 saturated carbocycles. The minimum absolute atomic E-state index is 0.478. The predicted octanol–water partition coefficient (Wildman–Crippen LogP) is 2.42. The largest absolute Gasteiger partial charge is 0.493 e. The summed E-state index contributed by atoms with van der Waals surface area (Å²) in [7, 11) is 0. The van der Waals surface area contributed by atoms with Crippen LogP contribution in [-0.4, -0.2) is 32.9 Å². The highest BCUT2D eigenvalue weighted by Crippen LogP contribution is 2.32. The molecule has 3 heteroatoms. The highest BCUT2D eigenvalue weighted by molar-refractivity contribution is 5.39. The van der Waals surface area contributed by atoms with Crippen molar-refractivity contribution in [3.05, 3.63) is 29.8 Å². The Hall–Kier alpha value is -1.06. The van der Waals surface area contributed by atoms with E-state index in [4.69, 9.17) is 9.47 Å². The number of benzene rings is 1. The van der Waals surface area contributed by atoms with Gasteiger partial charge in [-0.2, -0.15) is 0 Å². The quantitative estimate of drug-likeness (QED) is 0.753. The van der Waals surface area contributed by atoms with Crippen LogP contribution in [0.2, 0.25) is 0 Å². The zero-order valence-electron chi connectivity index (χ0n) is 11.3. The Bertz CT molecular complexity index is 365. The highest BCUT2D eigenvalue weighted by Gasteiger charge is 2.22. The van der Waals surface area contributed by atoms with Gasteiger partial charge >= 0.3 is 0 Å². The first kappa shape index (κ1) is 13.4. The molecular weight excluding hydrogens is 226 g/mol. The van der Waals surface area contributed by atoms with Crippen LogP contribution in [0.3, 0.4) is 0 Å². The van der Waals surface area contributed by atoms with Gasteiger partial charge in [0.15, 0.2) is 0 Å². The number of rotatable bonds is 7. The zero-order valence-corrected chi connectivity index (χ0v) is 11.3. The topological polar surface area (TPSA) is 30.5 Å². The molecule has 1 aliphatic heterocycles. The molecule has 0 fully saturated rings. The van der Waals surface area contributed by atoms with Crippen LogP contribution in [0, 0.1) is 5.92 Å². The summed E-state index contributed by atoms with van der Waals surface area (Å²) in [6, 6.07) is 8.30. The van der Waals surface area contributed by atoms with E-state index in [1.54, 1.807) is 0 Å². The number of fused-ring (bicyclic) bond motifs is 1. The fourth-order valence-electron chi connectivity index (χ4n) is 2.14. The third kappa shape index (κ3) is 3.72. The minimum Gasteiger partial charge on any atom is -0.493 e. The Labute approximate surface area is 109 Å². The fourth-order valence-corrected chi connectivity index (χ4v) is 2.14. The van der Waals surface area contributed by atoms with Crippen molar-refractivity contribution >= 4 is 0 Å². The predicted molar refractivity (Wildman–Crippen MR) is 73.2 cm³/mol. The van der Waals surface area contributed by atoms with E-state index in [2.05, 4.69) is 31.3 Å². The molecule has 0 amide bonds. The molecule has 18 heavy (non-hydrogen) atoms. The van der Waals surface area contributed by atoms with E-state index in [1.807, 2.05) is 12.1 Å². The lowest BCUT2D eigenvalue weighted by Crippen LogP contribution is -2.26. The highest BCUT2D eigenvalue weighted by atomic mass is 16.5. The van der Waals surface area contributed by atoms with E-state index in [9.17, 15) is 0 Å². The van der Waals surface area contributed by atoms with Crippen molar-refractivity contribution in [1.29, 1.82) is 0 Å². The van der Waals surface area contributed by atoms with Crippen molar-refractivity contribution in [2.75, 3.05) is 32.9 Å². The van der Waals surface area contributed by atoms with E-state index in [0.717, 1.165) is 38.7 Å². The van der Waals surface area contributed by atoms with Gasteiger partial charge in [0.25, 0.3) is 0 Å². The van der Waals surface area contributed by atoms with E-state index in [1.165, 1.54) is 5.56 Å². The maximum atomic E-state index is 5.65. The summed E-state index contributed by atoms with van der Waals surface area (Å²) in [5.41, 5.74) is 1.33. The first-order valence-corrected chi connectivity index (χ1v) is 6.77. The van der Waals surface area contributed by atoms with Crippen LogP contribution in [0.4, 0.5) is 0 Å². The molecule has 0 spiro atoms. The molecular formula is C15H23NO2. The number of nitrogens with one attached hydrogen (secondary N) is 1. The van der Waals surface area contributed by atoms with Crippen molar-refractivity contribution in [1.82, 2.24) is 5.32 Å². The second-order valence-corrected chi connectivity index (χ2v) is 5.22. The van der Waals surface area contributed by atoms with Gasteiger partial charge in [-0.05, 0) is 12.0 Å². The van der Waals surface area contributed by atoms with Crippen LogP contribution in [0.1, 0.15) is 25.3 Å². The van der Waals surface area contributed by atoms with E-state index >= 15 is 0 Å². The normalized spacial score (nSPS) is 17.8. The third-order valence-corrected chi connectivity index (χ3v) is 3.06. The average molecular weight is 249 g/mol. The number of para-hydroxylation sites is 1. The summed E-state index contributed by atoms with van der Waals surface area (Å²) in [6.45, 7) is 8.62. The second kappa shape index (κ2) is 6.76. The van der Waals surface area contributed by atoms with E-state index < -0.39 is 0 Å². The fraction of sp³-hybridized carbons (Fsp3) is 0.600. The lowest BCUT2D eigenvalue weighted by Gasteiger charge is -2.11. The standard InChI is InChI=1S/C15H23NO2/c1-12(2)10-17-8-7-16-9-13-11-18-15-6-4-3-5-14(13)15/h3-6,12-13,16H,7-11H2,1-2H3. The van der Waals surface area contributed by atoms with Gasteiger partial charge < -0.3 is 14.8 Å². The Morgan fingerprint density at radius 1 is 1.39 bits per heavy atom. The van der Waals surface area contributed by atoms with Crippen molar-refractivity contribution < 1.29 is 9.47 Å². The van der Waals surface area contributed by atoms with E-state index in [-0.39, 0.29) is 0 Å². The van der Waals surface area contributed by atoms with Gasteiger partial charge in [0.1, 0.15) is 5.75 Å². The number of ether oxygens (including phenoxy) is 2. The smallest absolute Gasteiger partial charge is 0.122 e. The van der Waals surface area contributed by atoms with Crippen LogP contribution in [0.15, 0.2) is 24.3 Å². The molecule has 100 valence electrons. The summed E-state index contributed by atoms with van der Waals surface area (Å²) >= 11 is 0. The first-order valence-electron chi connectivity index (χ1n) is 6.77. The van der Waals surface area contributed by atoms with Crippen LogP contribution < -0.4 is 10.1 Å². The Morgan fingerprint density at radius 2 is 2.22 bits per heavy atom. The van der Waals surface area contributed by atoms with Crippen LogP contribution in [0.25, 0.3) is 0 Å². The Morgan fingerprint density at radius 3 is 3.06 bits per heavy atom. The monoisotopic (exact) mass is 249 g/mol. The maximum Gasteiger partial charge on any atom is 0.122 e. The van der Waals surface area contributed by atoms with Crippen LogP contribution in [-0.2, 0) is 4.74 Å². The zero-order chi connectivity index (χ0) is 12.8. The molecule has 0 radical (unpaired) electrons. The van der Waals surface area contributed by atoms with Crippen molar-refractivity contribution in [3.8, 4) is 5.75 Å². The molecule has 0 saturated heterocycles. The average Bonchev–Trinajstić information content (AvgIpc) is 2.77. The molecule has 1 heterocycles. The number of hydrogen-bond donors (Lipinski definition) is 1. The Balaban J connectivity index is 1.64. The molecule has 0 aliphatic carbocycles.